The van der Waals surface area contributed by atoms with Gasteiger partial charge in [-0.25, -0.2) is 0 Å². The van der Waals surface area contributed by atoms with Gasteiger partial charge in [0, 0.05) is 13.1 Å². The fourth-order valence-electron chi connectivity index (χ4n) is 2.04. The van der Waals surface area contributed by atoms with Crippen LogP contribution in [0, 0.1) is 11.3 Å². The van der Waals surface area contributed by atoms with Crippen LogP contribution in [0.15, 0.2) is 0 Å². The smallest absolute Gasteiger partial charge is 0.224 e. The molecule has 1 saturated heterocycles. The molecule has 0 aromatic heterocycles. The molecule has 5 heteroatoms. The number of nitrogens with one attached hydrogen (secondary N) is 1. The van der Waals surface area contributed by atoms with Crippen LogP contribution in [0.3, 0.4) is 0 Å². The molecule has 0 aliphatic carbocycles. The summed E-state index contributed by atoms with van der Waals surface area (Å²) in [6.07, 6.45) is 0.757. The predicted octanol–water partition coefficient (Wildman–Crippen LogP) is 0.529. The Kier molecular flexibility index (Phi) is 6.05. The zero-order chi connectivity index (χ0) is 13.6. The number of carbonyl (C=O) groups excluding carboxylic acids is 1. The fourth-order valence-corrected chi connectivity index (χ4v) is 2.04. The van der Waals surface area contributed by atoms with Gasteiger partial charge >= 0.3 is 0 Å². The van der Waals surface area contributed by atoms with Crippen molar-refractivity contribution in [1.29, 1.82) is 0 Å². The van der Waals surface area contributed by atoms with Gasteiger partial charge in [-0.2, -0.15) is 0 Å². The molecule has 1 amide bonds. The van der Waals surface area contributed by atoms with Gasteiger partial charge in [-0.1, -0.05) is 20.8 Å². The Morgan fingerprint density at radius 2 is 2.17 bits per heavy atom. The lowest BCUT2D eigenvalue weighted by atomic mass is 9.84. The number of nitrogens with two attached hydrogens (primary N) is 1. The molecule has 1 rings (SSSR count). The van der Waals surface area contributed by atoms with E-state index < -0.39 is 0 Å². The Balaban J connectivity index is 2.32. The van der Waals surface area contributed by atoms with Crippen LogP contribution in [0.25, 0.3) is 0 Å². The van der Waals surface area contributed by atoms with Crippen LogP contribution in [-0.2, 0) is 14.3 Å². The van der Waals surface area contributed by atoms with E-state index in [9.17, 15) is 4.79 Å². The van der Waals surface area contributed by atoms with Gasteiger partial charge in [0.25, 0.3) is 0 Å². The molecular weight excluding hydrogens is 232 g/mol. The maximum absolute atomic E-state index is 12.0. The Morgan fingerprint density at radius 3 is 2.67 bits per heavy atom. The Hall–Kier alpha value is -0.650. The highest BCUT2D eigenvalue weighted by molar-refractivity contribution is 5.78. The van der Waals surface area contributed by atoms with Crippen LogP contribution in [0.2, 0.25) is 0 Å². The van der Waals surface area contributed by atoms with Crippen LogP contribution in [0.5, 0.6) is 0 Å². The molecule has 1 aliphatic rings. The number of carbonyl (C=O) groups is 1. The minimum atomic E-state index is -0.130. The number of rotatable bonds is 5. The van der Waals surface area contributed by atoms with E-state index in [0.717, 1.165) is 6.42 Å². The molecule has 0 radical (unpaired) electrons. The summed E-state index contributed by atoms with van der Waals surface area (Å²) in [4.78, 5) is 12.0. The third kappa shape index (κ3) is 5.80. The minimum absolute atomic E-state index is 0.0154. The Morgan fingerprint density at radius 1 is 1.44 bits per heavy atom. The summed E-state index contributed by atoms with van der Waals surface area (Å²) in [5, 5.41) is 2.90. The molecular formula is C13H26N2O3. The molecule has 106 valence electrons. The fraction of sp³-hybridized carbons (Fsp3) is 0.923. The second-order valence-electron chi connectivity index (χ2n) is 6.01. The lowest BCUT2D eigenvalue weighted by Crippen LogP contribution is -2.43. The third-order valence-electron chi connectivity index (χ3n) is 2.90. The van der Waals surface area contributed by atoms with E-state index in [-0.39, 0.29) is 23.3 Å². The SMILES string of the molecule is CC(C)(C)CC(CN)C(=O)NCC1COCCO1. The van der Waals surface area contributed by atoms with Gasteiger partial charge in [0.15, 0.2) is 0 Å². The summed E-state index contributed by atoms with van der Waals surface area (Å²) in [6, 6.07) is 0. The summed E-state index contributed by atoms with van der Waals surface area (Å²) in [6.45, 7) is 9.00. The molecule has 2 atom stereocenters. The summed E-state index contributed by atoms with van der Waals surface area (Å²) < 4.78 is 10.8. The molecule has 1 heterocycles. The average molecular weight is 258 g/mol. The minimum Gasteiger partial charge on any atom is -0.376 e. The van der Waals surface area contributed by atoms with Crippen molar-refractivity contribution in [2.75, 3.05) is 32.9 Å². The number of hydrogen-bond acceptors (Lipinski definition) is 4. The van der Waals surface area contributed by atoms with Crippen molar-refractivity contribution < 1.29 is 14.3 Å². The first-order valence-corrected chi connectivity index (χ1v) is 6.59. The van der Waals surface area contributed by atoms with Crippen molar-refractivity contribution in [3.05, 3.63) is 0 Å². The van der Waals surface area contributed by atoms with E-state index in [0.29, 0.717) is 32.9 Å². The highest BCUT2D eigenvalue weighted by atomic mass is 16.6. The van der Waals surface area contributed by atoms with Crippen molar-refractivity contribution in [3.8, 4) is 0 Å². The molecule has 1 fully saturated rings. The second-order valence-corrected chi connectivity index (χ2v) is 6.01. The van der Waals surface area contributed by atoms with E-state index in [1.54, 1.807) is 0 Å². The Bertz CT molecular complexity index is 257. The summed E-state index contributed by atoms with van der Waals surface area (Å²) in [7, 11) is 0. The van der Waals surface area contributed by atoms with Crippen LogP contribution >= 0.6 is 0 Å². The maximum Gasteiger partial charge on any atom is 0.224 e. The van der Waals surface area contributed by atoms with Gasteiger partial charge < -0.3 is 20.5 Å². The quantitative estimate of drug-likeness (QED) is 0.754. The zero-order valence-electron chi connectivity index (χ0n) is 11.7. The van der Waals surface area contributed by atoms with E-state index in [4.69, 9.17) is 15.2 Å². The molecule has 0 spiro atoms. The van der Waals surface area contributed by atoms with Crippen LogP contribution in [0.4, 0.5) is 0 Å². The third-order valence-corrected chi connectivity index (χ3v) is 2.90. The topological polar surface area (TPSA) is 73.6 Å². The monoisotopic (exact) mass is 258 g/mol. The van der Waals surface area contributed by atoms with E-state index >= 15 is 0 Å². The first-order chi connectivity index (χ1) is 8.42. The van der Waals surface area contributed by atoms with Crippen molar-refractivity contribution in [2.45, 2.75) is 33.3 Å². The van der Waals surface area contributed by atoms with Crippen molar-refractivity contribution in [1.82, 2.24) is 5.32 Å². The zero-order valence-corrected chi connectivity index (χ0v) is 11.7. The molecule has 2 unspecified atom stereocenters. The lowest BCUT2D eigenvalue weighted by Gasteiger charge is -2.26. The van der Waals surface area contributed by atoms with Crippen molar-refractivity contribution in [2.24, 2.45) is 17.1 Å². The molecule has 0 bridgehead atoms. The summed E-state index contributed by atoms with van der Waals surface area (Å²) in [5.41, 5.74) is 5.78. The highest BCUT2D eigenvalue weighted by Gasteiger charge is 2.24. The summed E-state index contributed by atoms with van der Waals surface area (Å²) >= 11 is 0. The first-order valence-electron chi connectivity index (χ1n) is 6.59. The van der Waals surface area contributed by atoms with E-state index in [1.165, 1.54) is 0 Å². The van der Waals surface area contributed by atoms with Crippen molar-refractivity contribution in [3.63, 3.8) is 0 Å². The normalized spacial score (nSPS) is 22.6. The van der Waals surface area contributed by atoms with Gasteiger partial charge in [-0.05, 0) is 11.8 Å². The standard InChI is InChI=1S/C13H26N2O3/c1-13(2,3)6-10(7-14)12(16)15-8-11-9-17-4-5-18-11/h10-11H,4-9,14H2,1-3H3,(H,15,16). The number of amides is 1. The molecule has 1 aliphatic heterocycles. The van der Waals surface area contributed by atoms with Gasteiger partial charge in [0.05, 0.1) is 31.8 Å². The van der Waals surface area contributed by atoms with Gasteiger partial charge in [-0.15, -0.1) is 0 Å². The molecule has 0 saturated carbocycles. The predicted molar refractivity (Wildman–Crippen MR) is 70.2 cm³/mol. The molecule has 5 nitrogen and oxygen atoms in total. The maximum atomic E-state index is 12.0. The van der Waals surface area contributed by atoms with Crippen LogP contribution in [0.1, 0.15) is 27.2 Å². The number of hydrogen-bond donors (Lipinski definition) is 2. The molecule has 0 aromatic carbocycles. The van der Waals surface area contributed by atoms with Gasteiger partial charge in [0.2, 0.25) is 5.91 Å². The number of ether oxygens (including phenoxy) is 2. The van der Waals surface area contributed by atoms with Crippen molar-refractivity contribution >= 4 is 5.91 Å². The average Bonchev–Trinajstić information content (AvgIpc) is 2.33. The van der Waals surface area contributed by atoms with Crippen LogP contribution < -0.4 is 11.1 Å². The first kappa shape index (κ1) is 15.4. The molecule has 0 aromatic rings. The van der Waals surface area contributed by atoms with Gasteiger partial charge in [-0.3, -0.25) is 4.79 Å². The van der Waals surface area contributed by atoms with E-state index in [2.05, 4.69) is 26.1 Å². The molecule has 3 N–H and O–H groups in total. The highest BCUT2D eigenvalue weighted by Crippen LogP contribution is 2.23. The molecule has 18 heavy (non-hydrogen) atoms. The van der Waals surface area contributed by atoms with Crippen LogP contribution in [-0.4, -0.2) is 44.9 Å². The Labute approximate surface area is 109 Å². The van der Waals surface area contributed by atoms with Gasteiger partial charge in [0.1, 0.15) is 0 Å². The lowest BCUT2D eigenvalue weighted by molar-refractivity contribution is -0.128. The largest absolute Gasteiger partial charge is 0.376 e. The second kappa shape index (κ2) is 7.07. The van der Waals surface area contributed by atoms with E-state index in [1.807, 2.05) is 0 Å². The summed E-state index contributed by atoms with van der Waals surface area (Å²) in [5.74, 6) is -0.115.